The SMILES string of the molecule is O=C1CCN(c2ccc3c(c2)CCN(C(=O)C2CCC(C(=O)O)CC2)C3)C(=O)N1. The van der Waals surface area contributed by atoms with Crippen LogP contribution in [0, 0.1) is 11.8 Å². The van der Waals surface area contributed by atoms with Gasteiger partial charge in [0.05, 0.1) is 5.92 Å². The zero-order valence-corrected chi connectivity index (χ0v) is 16.2. The summed E-state index contributed by atoms with van der Waals surface area (Å²) >= 11 is 0. The van der Waals surface area contributed by atoms with Gasteiger partial charge in [0, 0.05) is 37.7 Å². The highest BCUT2D eigenvalue weighted by atomic mass is 16.4. The number of hydrogen-bond donors (Lipinski definition) is 2. The number of carbonyl (C=O) groups is 4. The average molecular weight is 399 g/mol. The highest BCUT2D eigenvalue weighted by Crippen LogP contribution is 2.32. The summed E-state index contributed by atoms with van der Waals surface area (Å²) in [6, 6.07) is 5.39. The number of amides is 4. The molecule has 1 saturated carbocycles. The zero-order chi connectivity index (χ0) is 20.5. The molecule has 1 aromatic rings. The van der Waals surface area contributed by atoms with Crippen LogP contribution in [0.25, 0.3) is 0 Å². The van der Waals surface area contributed by atoms with E-state index >= 15 is 0 Å². The Hall–Kier alpha value is -2.90. The van der Waals surface area contributed by atoms with Gasteiger partial charge in [0.1, 0.15) is 0 Å². The molecule has 2 heterocycles. The van der Waals surface area contributed by atoms with E-state index in [9.17, 15) is 19.2 Å². The van der Waals surface area contributed by atoms with E-state index in [-0.39, 0.29) is 30.1 Å². The van der Waals surface area contributed by atoms with E-state index in [1.165, 1.54) is 0 Å². The molecule has 0 spiro atoms. The van der Waals surface area contributed by atoms with Crippen LogP contribution >= 0.6 is 0 Å². The summed E-state index contributed by atoms with van der Waals surface area (Å²) < 4.78 is 0. The molecular formula is C21H25N3O5. The summed E-state index contributed by atoms with van der Waals surface area (Å²) in [5.41, 5.74) is 2.95. The summed E-state index contributed by atoms with van der Waals surface area (Å²) in [6.45, 7) is 1.53. The summed E-state index contributed by atoms with van der Waals surface area (Å²) in [7, 11) is 0. The summed E-state index contributed by atoms with van der Waals surface area (Å²) in [6.07, 6.45) is 3.42. The Balaban J connectivity index is 1.40. The van der Waals surface area contributed by atoms with E-state index in [0.717, 1.165) is 16.8 Å². The van der Waals surface area contributed by atoms with Crippen LogP contribution in [0.2, 0.25) is 0 Å². The minimum absolute atomic E-state index is 0.0824. The van der Waals surface area contributed by atoms with Crippen molar-refractivity contribution in [3.8, 4) is 0 Å². The number of carboxylic acid groups (broad SMARTS) is 1. The van der Waals surface area contributed by atoms with Gasteiger partial charge >= 0.3 is 12.0 Å². The minimum atomic E-state index is -0.759. The lowest BCUT2D eigenvalue weighted by Crippen LogP contribution is -2.49. The van der Waals surface area contributed by atoms with Gasteiger partial charge in [-0.15, -0.1) is 0 Å². The third kappa shape index (κ3) is 3.97. The van der Waals surface area contributed by atoms with Crippen molar-refractivity contribution in [2.75, 3.05) is 18.0 Å². The fourth-order valence-electron chi connectivity index (χ4n) is 4.55. The molecule has 1 saturated heterocycles. The Bertz CT molecular complexity index is 860. The second-order valence-corrected chi connectivity index (χ2v) is 8.10. The number of carboxylic acids is 1. The maximum Gasteiger partial charge on any atom is 0.328 e. The van der Waals surface area contributed by atoms with E-state index < -0.39 is 12.0 Å². The highest BCUT2D eigenvalue weighted by molar-refractivity contribution is 6.05. The highest BCUT2D eigenvalue weighted by Gasteiger charge is 2.33. The number of fused-ring (bicyclic) bond motifs is 1. The number of nitrogens with one attached hydrogen (secondary N) is 1. The standard InChI is InChI=1S/C21H25N3O5/c25-18-8-10-24(21(29)22-18)17-6-5-16-12-23(9-7-15(16)11-17)19(26)13-1-3-14(4-2-13)20(27)28/h5-6,11,13-14H,1-4,7-10,12H2,(H,27,28)(H,22,25,29). The predicted octanol–water partition coefficient (Wildman–Crippen LogP) is 1.91. The lowest BCUT2D eigenvalue weighted by Gasteiger charge is -2.35. The quantitative estimate of drug-likeness (QED) is 0.807. The van der Waals surface area contributed by atoms with Crippen LogP contribution in [0.15, 0.2) is 18.2 Å². The number of anilines is 1. The van der Waals surface area contributed by atoms with Crippen LogP contribution in [0.1, 0.15) is 43.2 Å². The van der Waals surface area contributed by atoms with Gasteiger partial charge in [0.25, 0.3) is 0 Å². The van der Waals surface area contributed by atoms with Crippen LogP contribution in [-0.2, 0) is 27.3 Å². The van der Waals surface area contributed by atoms with E-state index in [0.29, 0.717) is 51.7 Å². The average Bonchev–Trinajstić information content (AvgIpc) is 2.72. The van der Waals surface area contributed by atoms with Crippen molar-refractivity contribution in [1.82, 2.24) is 10.2 Å². The van der Waals surface area contributed by atoms with Crippen molar-refractivity contribution in [3.05, 3.63) is 29.3 Å². The number of aliphatic carboxylic acids is 1. The van der Waals surface area contributed by atoms with Crippen LogP contribution in [0.5, 0.6) is 0 Å². The van der Waals surface area contributed by atoms with Crippen molar-refractivity contribution in [2.45, 2.75) is 45.1 Å². The van der Waals surface area contributed by atoms with E-state index in [1.54, 1.807) is 4.90 Å². The first-order valence-corrected chi connectivity index (χ1v) is 10.2. The number of urea groups is 1. The molecule has 8 nitrogen and oxygen atoms in total. The van der Waals surface area contributed by atoms with Crippen LogP contribution < -0.4 is 10.2 Å². The monoisotopic (exact) mass is 399 g/mol. The van der Waals surface area contributed by atoms with E-state index in [2.05, 4.69) is 5.32 Å². The largest absolute Gasteiger partial charge is 0.481 e. The van der Waals surface area contributed by atoms with Crippen LogP contribution in [0.3, 0.4) is 0 Å². The maximum absolute atomic E-state index is 12.9. The van der Waals surface area contributed by atoms with Gasteiger partial charge in [-0.25, -0.2) is 4.79 Å². The van der Waals surface area contributed by atoms with Gasteiger partial charge in [-0.3, -0.25) is 24.6 Å². The number of hydrogen-bond acceptors (Lipinski definition) is 4. The Morgan fingerprint density at radius 2 is 1.69 bits per heavy atom. The third-order valence-corrected chi connectivity index (χ3v) is 6.31. The molecule has 4 rings (SSSR count). The van der Waals surface area contributed by atoms with Crippen molar-refractivity contribution in [3.63, 3.8) is 0 Å². The molecule has 0 bridgehead atoms. The number of rotatable bonds is 3. The van der Waals surface area contributed by atoms with E-state index in [1.807, 2.05) is 23.1 Å². The predicted molar refractivity (Wildman–Crippen MR) is 104 cm³/mol. The Kier molecular flexibility index (Phi) is 5.25. The van der Waals surface area contributed by atoms with Crippen molar-refractivity contribution in [1.29, 1.82) is 0 Å². The zero-order valence-electron chi connectivity index (χ0n) is 16.2. The molecule has 4 amide bonds. The molecule has 154 valence electrons. The molecule has 8 heteroatoms. The van der Waals surface area contributed by atoms with Gasteiger partial charge < -0.3 is 10.0 Å². The molecule has 0 atom stereocenters. The minimum Gasteiger partial charge on any atom is -0.481 e. The molecule has 0 unspecified atom stereocenters. The number of benzene rings is 1. The molecule has 0 aromatic heterocycles. The molecule has 1 aliphatic carbocycles. The van der Waals surface area contributed by atoms with Crippen LogP contribution in [0.4, 0.5) is 10.5 Å². The molecule has 1 aromatic carbocycles. The first kappa shape index (κ1) is 19.4. The second-order valence-electron chi connectivity index (χ2n) is 8.10. The van der Waals surface area contributed by atoms with Crippen LogP contribution in [-0.4, -0.2) is 46.9 Å². The summed E-state index contributed by atoms with van der Waals surface area (Å²) in [5.74, 6) is -1.29. The van der Waals surface area contributed by atoms with Gasteiger partial charge in [-0.2, -0.15) is 0 Å². The molecule has 2 fully saturated rings. The number of nitrogens with zero attached hydrogens (tertiary/aromatic N) is 2. The summed E-state index contributed by atoms with van der Waals surface area (Å²) in [5, 5.41) is 11.5. The Morgan fingerprint density at radius 1 is 0.966 bits per heavy atom. The van der Waals surface area contributed by atoms with Gasteiger partial charge in [-0.05, 0) is 55.4 Å². The lowest BCUT2D eigenvalue weighted by molar-refractivity contribution is -0.146. The molecule has 0 radical (unpaired) electrons. The fraction of sp³-hybridized carbons (Fsp3) is 0.524. The third-order valence-electron chi connectivity index (χ3n) is 6.31. The van der Waals surface area contributed by atoms with Crippen molar-refractivity contribution in [2.24, 2.45) is 11.8 Å². The molecule has 29 heavy (non-hydrogen) atoms. The fourth-order valence-corrected chi connectivity index (χ4v) is 4.55. The molecule has 3 aliphatic rings. The first-order valence-electron chi connectivity index (χ1n) is 10.2. The van der Waals surface area contributed by atoms with Gasteiger partial charge in [-0.1, -0.05) is 6.07 Å². The lowest BCUT2D eigenvalue weighted by atomic mass is 9.81. The maximum atomic E-state index is 12.9. The molecular weight excluding hydrogens is 374 g/mol. The Morgan fingerprint density at radius 3 is 2.38 bits per heavy atom. The van der Waals surface area contributed by atoms with E-state index in [4.69, 9.17) is 5.11 Å². The Labute approximate surface area is 168 Å². The van der Waals surface area contributed by atoms with Crippen molar-refractivity contribution >= 4 is 29.5 Å². The smallest absolute Gasteiger partial charge is 0.328 e. The molecule has 2 N–H and O–H groups in total. The second kappa shape index (κ2) is 7.85. The molecule has 2 aliphatic heterocycles. The van der Waals surface area contributed by atoms with Crippen molar-refractivity contribution < 1.29 is 24.3 Å². The normalized spacial score (nSPS) is 24.7. The summed E-state index contributed by atoms with van der Waals surface area (Å²) in [4.78, 5) is 50.9. The number of imide groups is 1. The first-order chi connectivity index (χ1) is 13.9. The number of carbonyl (C=O) groups excluding carboxylic acids is 3. The van der Waals surface area contributed by atoms with Gasteiger partial charge in [0.2, 0.25) is 11.8 Å². The van der Waals surface area contributed by atoms with Gasteiger partial charge in [0.15, 0.2) is 0 Å². The topological polar surface area (TPSA) is 107 Å².